The van der Waals surface area contributed by atoms with E-state index in [1.165, 1.54) is 12.1 Å². The summed E-state index contributed by atoms with van der Waals surface area (Å²) in [5.41, 5.74) is 2.70. The van der Waals surface area contributed by atoms with Gasteiger partial charge >= 0.3 is 0 Å². The lowest BCUT2D eigenvalue weighted by molar-refractivity contribution is 0.281. The summed E-state index contributed by atoms with van der Waals surface area (Å²) in [6, 6.07) is 19.9. The van der Waals surface area contributed by atoms with Crippen LogP contribution in [0.15, 0.2) is 76.1 Å². The fraction of sp³-hybridized carbons (Fsp3) is 0.143. The maximum Gasteiger partial charge on any atom is 0.238 e. The molecule has 0 saturated heterocycles. The van der Waals surface area contributed by atoms with Crippen LogP contribution in [0, 0.1) is 0 Å². The average Bonchev–Trinajstić information content (AvgIpc) is 2.71. The van der Waals surface area contributed by atoms with E-state index >= 15 is 0 Å². The summed E-state index contributed by atoms with van der Waals surface area (Å²) >= 11 is 3.50. The number of hydrogen-bond acceptors (Lipinski definition) is 5. The highest BCUT2D eigenvalue weighted by atomic mass is 79.9. The van der Waals surface area contributed by atoms with E-state index in [9.17, 15) is 8.42 Å². The zero-order valence-corrected chi connectivity index (χ0v) is 18.2. The molecule has 6 nitrogen and oxygen atoms in total. The summed E-state index contributed by atoms with van der Waals surface area (Å²) < 4.78 is 35.2. The van der Waals surface area contributed by atoms with Crippen LogP contribution in [0.4, 0.5) is 5.69 Å². The van der Waals surface area contributed by atoms with Crippen LogP contribution in [0.3, 0.4) is 0 Å². The molecule has 0 radical (unpaired) electrons. The second-order valence-corrected chi connectivity index (χ2v) is 8.77. The first kappa shape index (κ1) is 21.2. The summed E-state index contributed by atoms with van der Waals surface area (Å²) in [5, 5.41) is 8.40. The average molecular weight is 477 g/mol. The maximum absolute atomic E-state index is 11.4. The number of sulfonamides is 1. The lowest BCUT2D eigenvalue weighted by Crippen LogP contribution is -2.12. The Bertz CT molecular complexity index is 1070. The molecule has 0 fully saturated rings. The van der Waals surface area contributed by atoms with Crippen LogP contribution >= 0.6 is 15.9 Å². The zero-order chi connectivity index (χ0) is 20.9. The summed E-state index contributed by atoms with van der Waals surface area (Å²) in [7, 11) is -2.11. The third-order valence-corrected chi connectivity index (χ3v) is 5.60. The summed E-state index contributed by atoms with van der Waals surface area (Å²) in [6.45, 7) is 0.865. The van der Waals surface area contributed by atoms with Gasteiger partial charge in [-0.2, -0.15) is 0 Å². The van der Waals surface area contributed by atoms with Crippen molar-refractivity contribution in [3.63, 3.8) is 0 Å². The van der Waals surface area contributed by atoms with E-state index in [-0.39, 0.29) is 4.90 Å². The van der Waals surface area contributed by atoms with Crippen LogP contribution in [0.25, 0.3) is 0 Å². The van der Waals surface area contributed by atoms with Gasteiger partial charge in [-0.05, 0) is 42.0 Å². The highest BCUT2D eigenvalue weighted by Crippen LogP contribution is 2.36. The van der Waals surface area contributed by atoms with Crippen LogP contribution in [-0.4, -0.2) is 15.5 Å². The molecule has 0 aliphatic rings. The molecule has 0 aliphatic carbocycles. The molecule has 0 aromatic heterocycles. The van der Waals surface area contributed by atoms with Crippen molar-refractivity contribution in [2.75, 3.05) is 12.4 Å². The fourth-order valence-corrected chi connectivity index (χ4v) is 3.76. The molecule has 0 aliphatic heterocycles. The topological polar surface area (TPSA) is 90.6 Å². The third-order valence-electron chi connectivity index (χ3n) is 4.21. The highest BCUT2D eigenvalue weighted by molar-refractivity contribution is 9.10. The SMILES string of the molecule is COc1cc(Br)cc(CNc2ccc(S(N)(=O)=O)cc2)c1OCc1ccccc1. The minimum atomic E-state index is -3.71. The van der Waals surface area contributed by atoms with Gasteiger partial charge in [0.15, 0.2) is 11.5 Å². The van der Waals surface area contributed by atoms with Crippen molar-refractivity contribution in [2.24, 2.45) is 5.14 Å². The Hall–Kier alpha value is -2.55. The molecular formula is C21H21BrN2O4S. The highest BCUT2D eigenvalue weighted by Gasteiger charge is 2.14. The molecule has 29 heavy (non-hydrogen) atoms. The molecule has 0 unspecified atom stereocenters. The standard InChI is InChI=1S/C21H21BrN2O4S/c1-27-20-12-17(22)11-16(21(20)28-14-15-5-3-2-4-6-15)13-24-18-7-9-19(10-8-18)29(23,25)26/h2-12,24H,13-14H2,1H3,(H2,23,25,26). The molecule has 152 valence electrons. The van der Waals surface area contributed by atoms with Crippen molar-refractivity contribution in [1.29, 1.82) is 0 Å². The Morgan fingerprint density at radius 1 is 1.03 bits per heavy atom. The number of nitrogens with two attached hydrogens (primary N) is 1. The molecule has 0 saturated carbocycles. The van der Waals surface area contributed by atoms with Gasteiger partial charge in [0, 0.05) is 22.3 Å². The first-order valence-electron chi connectivity index (χ1n) is 8.76. The van der Waals surface area contributed by atoms with Gasteiger partial charge in [-0.25, -0.2) is 13.6 Å². The van der Waals surface area contributed by atoms with E-state index in [0.717, 1.165) is 21.3 Å². The Balaban J connectivity index is 1.79. The first-order chi connectivity index (χ1) is 13.9. The number of rotatable bonds is 8. The van der Waals surface area contributed by atoms with Gasteiger partial charge in [-0.15, -0.1) is 0 Å². The molecule has 0 spiro atoms. The molecule has 3 aromatic rings. The second kappa shape index (κ2) is 9.30. The Labute approximate surface area is 178 Å². The smallest absolute Gasteiger partial charge is 0.238 e. The maximum atomic E-state index is 11.4. The fourth-order valence-electron chi connectivity index (χ4n) is 2.76. The van der Waals surface area contributed by atoms with Crippen molar-refractivity contribution in [3.05, 3.63) is 82.3 Å². The number of anilines is 1. The van der Waals surface area contributed by atoms with Gasteiger partial charge in [0.2, 0.25) is 10.0 Å². The summed E-state index contributed by atoms with van der Waals surface area (Å²) in [6.07, 6.45) is 0. The van der Waals surface area contributed by atoms with E-state index in [1.807, 2.05) is 42.5 Å². The van der Waals surface area contributed by atoms with Crippen molar-refractivity contribution >= 4 is 31.6 Å². The number of benzene rings is 3. The monoisotopic (exact) mass is 476 g/mol. The predicted molar refractivity (Wildman–Crippen MR) is 117 cm³/mol. The molecule has 3 rings (SSSR count). The predicted octanol–water partition coefficient (Wildman–Crippen LogP) is 4.30. The van der Waals surface area contributed by atoms with Crippen LogP contribution in [0.5, 0.6) is 11.5 Å². The molecule has 0 amide bonds. The molecule has 0 atom stereocenters. The zero-order valence-electron chi connectivity index (χ0n) is 15.8. The minimum Gasteiger partial charge on any atom is -0.493 e. The summed E-state index contributed by atoms with van der Waals surface area (Å²) in [5.74, 6) is 1.27. The van der Waals surface area contributed by atoms with E-state index in [4.69, 9.17) is 14.6 Å². The third kappa shape index (κ3) is 5.72. The second-order valence-electron chi connectivity index (χ2n) is 6.29. The van der Waals surface area contributed by atoms with Gasteiger partial charge in [0.05, 0.1) is 12.0 Å². The quantitative estimate of drug-likeness (QED) is 0.505. The van der Waals surface area contributed by atoms with Crippen molar-refractivity contribution < 1.29 is 17.9 Å². The lowest BCUT2D eigenvalue weighted by Gasteiger charge is -2.17. The first-order valence-corrected chi connectivity index (χ1v) is 11.1. The lowest BCUT2D eigenvalue weighted by atomic mass is 10.1. The van der Waals surface area contributed by atoms with Gasteiger partial charge in [-0.1, -0.05) is 46.3 Å². The largest absolute Gasteiger partial charge is 0.493 e. The normalized spacial score (nSPS) is 11.1. The van der Waals surface area contributed by atoms with E-state index in [2.05, 4.69) is 21.2 Å². The molecule has 8 heteroatoms. The Morgan fingerprint density at radius 2 is 1.72 bits per heavy atom. The Morgan fingerprint density at radius 3 is 2.34 bits per heavy atom. The Kier molecular flexibility index (Phi) is 6.79. The van der Waals surface area contributed by atoms with Gasteiger partial charge in [-0.3, -0.25) is 0 Å². The number of primary sulfonamides is 1. The minimum absolute atomic E-state index is 0.0686. The van der Waals surface area contributed by atoms with E-state index < -0.39 is 10.0 Å². The van der Waals surface area contributed by atoms with Gasteiger partial charge < -0.3 is 14.8 Å². The molecular weight excluding hydrogens is 456 g/mol. The summed E-state index contributed by atoms with van der Waals surface area (Å²) in [4.78, 5) is 0.0686. The van der Waals surface area contributed by atoms with Crippen LogP contribution in [0.1, 0.15) is 11.1 Å². The van der Waals surface area contributed by atoms with E-state index in [1.54, 1.807) is 19.2 Å². The number of halogens is 1. The molecule has 0 bridgehead atoms. The van der Waals surface area contributed by atoms with Crippen LogP contribution in [-0.2, 0) is 23.2 Å². The molecule has 3 N–H and O–H groups in total. The van der Waals surface area contributed by atoms with Gasteiger partial charge in [0.25, 0.3) is 0 Å². The van der Waals surface area contributed by atoms with Crippen molar-refractivity contribution in [1.82, 2.24) is 0 Å². The number of nitrogens with one attached hydrogen (secondary N) is 1. The number of methoxy groups -OCH3 is 1. The van der Waals surface area contributed by atoms with Gasteiger partial charge in [0.1, 0.15) is 6.61 Å². The van der Waals surface area contributed by atoms with Crippen LogP contribution < -0.4 is 19.9 Å². The van der Waals surface area contributed by atoms with E-state index in [0.29, 0.717) is 24.7 Å². The molecule has 3 aromatic carbocycles. The van der Waals surface area contributed by atoms with Crippen LogP contribution in [0.2, 0.25) is 0 Å². The number of hydrogen-bond donors (Lipinski definition) is 2. The number of ether oxygens (including phenoxy) is 2. The van der Waals surface area contributed by atoms with Crippen molar-refractivity contribution in [3.8, 4) is 11.5 Å². The van der Waals surface area contributed by atoms with Crippen molar-refractivity contribution in [2.45, 2.75) is 18.0 Å². The molecule has 0 heterocycles.